The summed E-state index contributed by atoms with van der Waals surface area (Å²) in [5.41, 5.74) is 1.67. The molecule has 0 heterocycles. The molecule has 0 saturated heterocycles. The van der Waals surface area contributed by atoms with E-state index in [9.17, 15) is 9.59 Å². The van der Waals surface area contributed by atoms with Gasteiger partial charge in [-0.25, -0.2) is 9.59 Å². The van der Waals surface area contributed by atoms with E-state index in [1.165, 1.54) is 0 Å². The molecular weight excluding hydrogens is 384 g/mol. The fourth-order valence-corrected chi connectivity index (χ4v) is 2.73. The highest BCUT2D eigenvalue weighted by Crippen LogP contribution is 2.37. The number of hydrogen-bond donors (Lipinski definition) is 0. The van der Waals surface area contributed by atoms with Gasteiger partial charge in [0, 0.05) is 21.9 Å². The molecule has 0 N–H and O–H groups in total. The van der Waals surface area contributed by atoms with E-state index in [1.54, 1.807) is 13.8 Å². The normalized spacial score (nSPS) is 10.4. The molecule has 0 spiro atoms. The predicted molar refractivity (Wildman–Crippen MR) is 116 cm³/mol. The number of benzene rings is 2. The zero-order valence-corrected chi connectivity index (χ0v) is 17.8. The first kappa shape index (κ1) is 23.0. The summed E-state index contributed by atoms with van der Waals surface area (Å²) >= 11 is 0. The minimum Gasteiger partial charge on any atom is -0.489 e. The minimum absolute atomic E-state index is 0.133. The summed E-state index contributed by atoms with van der Waals surface area (Å²) in [6, 6.07) is 9.67. The third-order valence-corrected chi connectivity index (χ3v) is 4.25. The zero-order chi connectivity index (χ0) is 22.1. The highest BCUT2D eigenvalue weighted by atomic mass is 16.6. The van der Waals surface area contributed by atoms with Gasteiger partial charge in [-0.1, -0.05) is 44.3 Å². The Morgan fingerprint density at radius 2 is 1.37 bits per heavy atom. The molecule has 0 aromatic heterocycles. The summed E-state index contributed by atoms with van der Waals surface area (Å²) in [6.45, 7) is 13.1. The molecule has 0 atom stereocenters. The van der Waals surface area contributed by atoms with Gasteiger partial charge in [0.2, 0.25) is 0 Å². The molecule has 2 aromatic carbocycles. The first-order valence-electron chi connectivity index (χ1n) is 9.80. The minimum atomic E-state index is -0.436. The van der Waals surface area contributed by atoms with Gasteiger partial charge >= 0.3 is 11.9 Å². The largest absolute Gasteiger partial charge is 0.489 e. The maximum absolute atomic E-state index is 11.5. The van der Waals surface area contributed by atoms with Crippen LogP contribution in [0.15, 0.2) is 54.6 Å². The third kappa shape index (κ3) is 6.11. The molecule has 160 valence electrons. The SMILES string of the molecule is C=C(C)C(=O)OCCOc1cc(CC)c(OCCOC(=O)C(=C)C)c2ccccc12. The highest BCUT2D eigenvalue weighted by Gasteiger charge is 2.14. The zero-order valence-electron chi connectivity index (χ0n) is 17.8. The fourth-order valence-electron chi connectivity index (χ4n) is 2.73. The Morgan fingerprint density at radius 3 is 1.90 bits per heavy atom. The third-order valence-electron chi connectivity index (χ3n) is 4.25. The van der Waals surface area contributed by atoms with Gasteiger partial charge < -0.3 is 18.9 Å². The van der Waals surface area contributed by atoms with E-state index in [2.05, 4.69) is 13.2 Å². The lowest BCUT2D eigenvalue weighted by Gasteiger charge is -2.17. The van der Waals surface area contributed by atoms with Crippen LogP contribution in [0.2, 0.25) is 0 Å². The topological polar surface area (TPSA) is 71.1 Å². The van der Waals surface area contributed by atoms with Crippen LogP contribution in [0.4, 0.5) is 0 Å². The molecule has 0 unspecified atom stereocenters. The van der Waals surface area contributed by atoms with Crippen molar-refractivity contribution in [3.8, 4) is 11.5 Å². The summed E-state index contributed by atoms with van der Waals surface area (Å²) in [5, 5.41) is 1.78. The van der Waals surface area contributed by atoms with E-state index >= 15 is 0 Å². The summed E-state index contributed by atoms with van der Waals surface area (Å²) in [4.78, 5) is 23.0. The van der Waals surface area contributed by atoms with Gasteiger partial charge in [-0.2, -0.15) is 0 Å². The van der Waals surface area contributed by atoms with Crippen molar-refractivity contribution in [3.63, 3.8) is 0 Å². The van der Waals surface area contributed by atoms with E-state index in [0.29, 0.717) is 16.9 Å². The average Bonchev–Trinajstić information content (AvgIpc) is 2.73. The Hall–Kier alpha value is -3.28. The Balaban J connectivity index is 2.13. The van der Waals surface area contributed by atoms with Gasteiger partial charge in [0.1, 0.15) is 37.9 Å². The van der Waals surface area contributed by atoms with E-state index in [0.717, 1.165) is 28.5 Å². The molecule has 30 heavy (non-hydrogen) atoms. The maximum Gasteiger partial charge on any atom is 0.333 e. The predicted octanol–water partition coefficient (Wildman–Crippen LogP) is 4.40. The number of carbonyl (C=O) groups excluding carboxylic acids is 2. The molecule has 2 aromatic rings. The van der Waals surface area contributed by atoms with Crippen molar-refractivity contribution < 1.29 is 28.5 Å². The van der Waals surface area contributed by atoms with Crippen molar-refractivity contribution in [3.05, 3.63) is 60.2 Å². The molecule has 2 rings (SSSR count). The molecule has 0 fully saturated rings. The van der Waals surface area contributed by atoms with Crippen LogP contribution >= 0.6 is 0 Å². The van der Waals surface area contributed by atoms with E-state index in [4.69, 9.17) is 18.9 Å². The van der Waals surface area contributed by atoms with Gasteiger partial charge in [-0.15, -0.1) is 0 Å². The van der Waals surface area contributed by atoms with Crippen molar-refractivity contribution >= 4 is 22.7 Å². The number of aryl methyl sites for hydroxylation is 1. The van der Waals surface area contributed by atoms with E-state index in [-0.39, 0.29) is 26.4 Å². The Labute approximate surface area is 177 Å². The molecule has 0 aliphatic heterocycles. The molecule has 6 nitrogen and oxygen atoms in total. The lowest BCUT2D eigenvalue weighted by molar-refractivity contribution is -0.140. The Kier molecular flexibility index (Phi) is 8.47. The molecule has 0 radical (unpaired) electrons. The van der Waals surface area contributed by atoms with Crippen molar-refractivity contribution in [1.82, 2.24) is 0 Å². The Morgan fingerprint density at radius 1 is 0.833 bits per heavy atom. The number of hydrogen-bond acceptors (Lipinski definition) is 6. The Bertz CT molecular complexity index is 944. The quantitative estimate of drug-likeness (QED) is 0.310. The van der Waals surface area contributed by atoms with Gasteiger partial charge in [-0.3, -0.25) is 0 Å². The first-order valence-corrected chi connectivity index (χ1v) is 9.80. The summed E-state index contributed by atoms with van der Waals surface area (Å²) < 4.78 is 22.0. The monoisotopic (exact) mass is 412 g/mol. The molecule has 0 aliphatic rings. The second-order valence-electron chi connectivity index (χ2n) is 6.79. The maximum atomic E-state index is 11.5. The number of carbonyl (C=O) groups is 2. The second kappa shape index (κ2) is 11.0. The van der Waals surface area contributed by atoms with Crippen LogP contribution < -0.4 is 9.47 Å². The van der Waals surface area contributed by atoms with Crippen molar-refractivity contribution in [2.24, 2.45) is 0 Å². The second-order valence-corrected chi connectivity index (χ2v) is 6.79. The van der Waals surface area contributed by atoms with Gasteiger partial charge in [0.25, 0.3) is 0 Å². The summed E-state index contributed by atoms with van der Waals surface area (Å²) in [6.07, 6.45) is 0.729. The molecular formula is C24H28O6. The van der Waals surface area contributed by atoms with Crippen LogP contribution in [0.5, 0.6) is 11.5 Å². The van der Waals surface area contributed by atoms with Crippen molar-refractivity contribution in [2.75, 3.05) is 26.4 Å². The smallest absolute Gasteiger partial charge is 0.333 e. The number of ether oxygens (including phenoxy) is 4. The number of rotatable bonds is 11. The van der Waals surface area contributed by atoms with Crippen molar-refractivity contribution in [1.29, 1.82) is 0 Å². The van der Waals surface area contributed by atoms with Crippen LogP contribution in [0, 0.1) is 0 Å². The average molecular weight is 412 g/mol. The lowest BCUT2D eigenvalue weighted by Crippen LogP contribution is -2.14. The van der Waals surface area contributed by atoms with Gasteiger partial charge in [0.15, 0.2) is 0 Å². The molecule has 0 bridgehead atoms. The first-order chi connectivity index (χ1) is 14.3. The standard InChI is InChI=1S/C24H28O6/c1-6-18-15-21(27-11-13-29-23(25)16(2)3)19-9-7-8-10-20(19)22(18)28-12-14-30-24(26)17(4)5/h7-10,15H,2,4,6,11-14H2,1,3,5H3. The van der Waals surface area contributed by atoms with Crippen LogP contribution in [0.3, 0.4) is 0 Å². The highest BCUT2D eigenvalue weighted by molar-refractivity contribution is 5.94. The van der Waals surface area contributed by atoms with E-state index < -0.39 is 11.9 Å². The fraction of sp³-hybridized carbons (Fsp3) is 0.333. The van der Waals surface area contributed by atoms with Gasteiger partial charge in [-0.05, 0) is 31.9 Å². The molecule has 0 amide bonds. The van der Waals surface area contributed by atoms with Crippen LogP contribution in [0.25, 0.3) is 10.8 Å². The lowest BCUT2D eigenvalue weighted by atomic mass is 10.0. The molecule has 0 saturated carbocycles. The number of esters is 2. The van der Waals surface area contributed by atoms with Crippen LogP contribution in [-0.2, 0) is 25.5 Å². The van der Waals surface area contributed by atoms with Crippen LogP contribution in [-0.4, -0.2) is 38.4 Å². The molecule has 6 heteroatoms. The summed E-state index contributed by atoms with van der Waals surface area (Å²) in [7, 11) is 0. The van der Waals surface area contributed by atoms with E-state index in [1.807, 2.05) is 37.3 Å². The number of fused-ring (bicyclic) bond motifs is 1. The van der Waals surface area contributed by atoms with Gasteiger partial charge in [0.05, 0.1) is 0 Å². The summed E-state index contributed by atoms with van der Waals surface area (Å²) in [5.74, 6) is 0.555. The van der Waals surface area contributed by atoms with Crippen LogP contribution in [0.1, 0.15) is 26.3 Å². The molecule has 0 aliphatic carbocycles. The van der Waals surface area contributed by atoms with Crippen molar-refractivity contribution in [2.45, 2.75) is 27.2 Å².